The molecule has 0 aliphatic carbocycles. The number of hydrogen-bond donors (Lipinski definition) is 1. The number of aromatic nitrogens is 4. The fraction of sp³-hybridized carbons (Fsp3) is 0.0164. The zero-order valence-corrected chi connectivity index (χ0v) is 36.8. The Labute approximate surface area is 392 Å². The van der Waals surface area contributed by atoms with Crippen molar-refractivity contribution in [3.05, 3.63) is 248 Å². The monoisotopic (exact) mass is 871 g/mol. The Morgan fingerprint density at radius 3 is 1.49 bits per heavy atom. The zero-order valence-electron chi connectivity index (χ0n) is 36.8. The van der Waals surface area contributed by atoms with Gasteiger partial charge >= 0.3 is 0 Å². The van der Waals surface area contributed by atoms with Gasteiger partial charge in [0.2, 0.25) is 6.29 Å². The first-order chi connectivity index (χ1) is 33.7. The quantitative estimate of drug-likeness (QED) is 0.165. The van der Waals surface area contributed by atoms with E-state index >= 15 is 0 Å². The van der Waals surface area contributed by atoms with Gasteiger partial charge in [0.05, 0.1) is 33.5 Å². The molecule has 0 amide bonds. The van der Waals surface area contributed by atoms with Gasteiger partial charge in [0, 0.05) is 55.0 Å². The molecule has 12 aromatic rings. The van der Waals surface area contributed by atoms with Crippen molar-refractivity contribution in [2.75, 3.05) is 0 Å². The van der Waals surface area contributed by atoms with Crippen molar-refractivity contribution < 1.29 is 0 Å². The lowest BCUT2D eigenvalue weighted by atomic mass is 10.0. The summed E-state index contributed by atoms with van der Waals surface area (Å²) >= 11 is 0. The van der Waals surface area contributed by atoms with Crippen LogP contribution in [-0.4, -0.2) is 30.8 Å². The molecule has 1 N–H and O–H groups in total. The van der Waals surface area contributed by atoms with E-state index in [1.807, 2.05) is 48.5 Å². The van der Waals surface area contributed by atoms with Gasteiger partial charge in [0.1, 0.15) is 5.84 Å². The van der Waals surface area contributed by atoms with Crippen LogP contribution in [0.4, 0.5) is 0 Å². The van der Waals surface area contributed by atoms with Gasteiger partial charge in [-0.25, -0.2) is 20.0 Å². The van der Waals surface area contributed by atoms with Gasteiger partial charge in [0.15, 0.2) is 11.7 Å². The molecule has 7 nitrogen and oxygen atoms in total. The van der Waals surface area contributed by atoms with Gasteiger partial charge in [0.25, 0.3) is 0 Å². The molecule has 7 heteroatoms. The number of nitrogens with zero attached hydrogens (tertiary/aromatic N) is 6. The second-order valence-corrected chi connectivity index (χ2v) is 17.1. The molecule has 0 saturated carbocycles. The van der Waals surface area contributed by atoms with Crippen LogP contribution in [0.5, 0.6) is 0 Å². The molecule has 320 valence electrons. The lowest BCUT2D eigenvalue weighted by Gasteiger charge is -2.26. The van der Waals surface area contributed by atoms with E-state index in [2.05, 4.69) is 203 Å². The van der Waals surface area contributed by atoms with Crippen molar-refractivity contribution in [2.24, 2.45) is 9.98 Å². The molecule has 4 heterocycles. The van der Waals surface area contributed by atoms with E-state index in [4.69, 9.17) is 20.0 Å². The fourth-order valence-electron chi connectivity index (χ4n) is 9.79. The molecule has 3 aromatic heterocycles. The normalized spacial score (nSPS) is 13.7. The Morgan fingerprint density at radius 1 is 0.368 bits per heavy atom. The highest BCUT2D eigenvalue weighted by Crippen LogP contribution is 2.42. The summed E-state index contributed by atoms with van der Waals surface area (Å²) in [4.78, 5) is 21.0. The lowest BCUT2D eigenvalue weighted by molar-refractivity contribution is 0.516. The molecule has 1 unspecified atom stereocenters. The van der Waals surface area contributed by atoms with Crippen molar-refractivity contribution in [2.45, 2.75) is 6.29 Å². The number of para-hydroxylation sites is 2. The third-order valence-electron chi connectivity index (χ3n) is 13.0. The number of amidine groups is 2. The highest BCUT2D eigenvalue weighted by molar-refractivity contribution is 6.23. The molecular weight excluding hydrogens is 831 g/mol. The Bertz CT molecular complexity index is 3890. The number of fused-ring (bicyclic) bond motifs is 7. The van der Waals surface area contributed by atoms with Gasteiger partial charge in [-0.15, -0.1) is 0 Å². The minimum absolute atomic E-state index is 0.516. The molecule has 9 aromatic carbocycles. The van der Waals surface area contributed by atoms with Gasteiger partial charge in [-0.1, -0.05) is 194 Å². The van der Waals surface area contributed by atoms with E-state index in [0.29, 0.717) is 11.7 Å². The molecule has 1 atom stereocenters. The third kappa shape index (κ3) is 6.76. The summed E-state index contributed by atoms with van der Waals surface area (Å²) in [5, 5.41) is 8.41. The number of benzene rings is 9. The van der Waals surface area contributed by atoms with Crippen LogP contribution < -0.4 is 5.32 Å². The van der Waals surface area contributed by atoms with E-state index in [1.165, 1.54) is 10.9 Å². The Morgan fingerprint density at radius 2 is 0.838 bits per heavy atom. The van der Waals surface area contributed by atoms with E-state index in [-0.39, 0.29) is 0 Å². The number of hydrogen-bond acceptors (Lipinski definition) is 5. The van der Waals surface area contributed by atoms with Crippen LogP contribution >= 0.6 is 0 Å². The minimum Gasteiger partial charge on any atom is -0.331 e. The molecule has 0 saturated heterocycles. The van der Waals surface area contributed by atoms with Crippen molar-refractivity contribution in [1.29, 1.82) is 0 Å². The van der Waals surface area contributed by atoms with Crippen LogP contribution in [-0.2, 0) is 0 Å². The molecular formula is C61H41N7. The summed E-state index contributed by atoms with van der Waals surface area (Å²) in [6.07, 6.45) is -0.516. The van der Waals surface area contributed by atoms with Crippen LogP contribution in [0.25, 0.3) is 94.3 Å². The first-order valence-electron chi connectivity index (χ1n) is 22.9. The first-order valence-corrected chi connectivity index (χ1v) is 22.9. The maximum absolute atomic E-state index is 5.41. The summed E-state index contributed by atoms with van der Waals surface area (Å²) < 4.78 is 4.78. The van der Waals surface area contributed by atoms with Gasteiger partial charge in [-0.05, 0) is 53.6 Å². The van der Waals surface area contributed by atoms with Crippen molar-refractivity contribution >= 4 is 55.3 Å². The third-order valence-corrected chi connectivity index (χ3v) is 13.0. The smallest absolute Gasteiger partial charge is 0.204 e. The molecule has 1 aliphatic heterocycles. The van der Waals surface area contributed by atoms with Crippen molar-refractivity contribution in [1.82, 2.24) is 24.4 Å². The Balaban J connectivity index is 0.984. The largest absolute Gasteiger partial charge is 0.331 e. The van der Waals surface area contributed by atoms with E-state index in [1.54, 1.807) is 0 Å². The lowest BCUT2D eigenvalue weighted by Crippen LogP contribution is -2.36. The highest BCUT2D eigenvalue weighted by atomic mass is 15.3. The fourth-order valence-corrected chi connectivity index (χ4v) is 9.79. The summed E-state index contributed by atoms with van der Waals surface area (Å²) in [6.45, 7) is 0. The van der Waals surface area contributed by atoms with E-state index < -0.39 is 6.29 Å². The summed E-state index contributed by atoms with van der Waals surface area (Å²) in [7, 11) is 0. The molecule has 1 aliphatic rings. The number of aliphatic imine (C=N–C) groups is 2. The van der Waals surface area contributed by atoms with Gasteiger partial charge in [-0.2, -0.15) is 0 Å². The maximum atomic E-state index is 5.41. The standard InChI is InChI=1S/C61H41N7/c1-5-17-40(18-6-1)41-29-31-43(32-30-41)53-39-52(42-19-7-2-8-20-42)62-58(63-53)46-33-35-47(36-34-46)67-54-27-15-13-25-48(54)50-37-38-51-49-26-14-16-28-55(49)68(57(51)56(50)67)61-65-59(44-21-9-3-10-22-44)64-60(66-61)45-23-11-4-12-24-45/h1-39,61H,(H,64,65,66). The predicted molar refractivity (Wildman–Crippen MR) is 279 cm³/mol. The second-order valence-electron chi connectivity index (χ2n) is 17.1. The highest BCUT2D eigenvalue weighted by Gasteiger charge is 2.27. The molecule has 13 rings (SSSR count). The molecule has 0 bridgehead atoms. The SMILES string of the molecule is c1ccc(C2=NC(n3c4ccccc4c4ccc5c6ccccc6n(-c6ccc(-c7nc(-c8ccccc8)cc(-c8ccc(-c9ccccc9)cc8)n7)cc6)c5c43)NC(c3ccccc3)=N2)cc1. The van der Waals surface area contributed by atoms with E-state index in [9.17, 15) is 0 Å². The Kier molecular flexibility index (Phi) is 9.42. The van der Waals surface area contributed by atoms with E-state index in [0.717, 1.165) is 94.5 Å². The molecule has 68 heavy (non-hydrogen) atoms. The van der Waals surface area contributed by atoms with Gasteiger partial charge in [-0.3, -0.25) is 4.57 Å². The number of rotatable bonds is 8. The molecule has 0 spiro atoms. The predicted octanol–water partition coefficient (Wildman–Crippen LogP) is 14.3. The van der Waals surface area contributed by atoms with Crippen LogP contribution in [0.15, 0.2) is 247 Å². The van der Waals surface area contributed by atoms with Crippen molar-refractivity contribution in [3.63, 3.8) is 0 Å². The number of nitrogens with one attached hydrogen (secondary N) is 1. The van der Waals surface area contributed by atoms with Crippen LogP contribution in [0.1, 0.15) is 17.4 Å². The summed E-state index contributed by atoms with van der Waals surface area (Å²) in [5.41, 5.74) is 14.4. The van der Waals surface area contributed by atoms with Crippen LogP contribution in [0.2, 0.25) is 0 Å². The maximum Gasteiger partial charge on any atom is 0.204 e. The molecule has 0 radical (unpaired) electrons. The second kappa shape index (κ2) is 16.3. The minimum atomic E-state index is -0.516. The zero-order chi connectivity index (χ0) is 45.0. The van der Waals surface area contributed by atoms with Crippen molar-refractivity contribution in [3.8, 4) is 50.7 Å². The molecule has 0 fully saturated rings. The Hall–Kier alpha value is -9.20. The summed E-state index contributed by atoms with van der Waals surface area (Å²) in [5.74, 6) is 2.11. The average molecular weight is 872 g/mol. The summed E-state index contributed by atoms with van der Waals surface area (Å²) in [6, 6.07) is 82.7. The van der Waals surface area contributed by atoms with Crippen LogP contribution in [0, 0.1) is 0 Å². The van der Waals surface area contributed by atoms with Gasteiger partial charge < -0.3 is 9.88 Å². The first kappa shape index (κ1) is 39.2. The average Bonchev–Trinajstić information content (AvgIpc) is 3.95. The van der Waals surface area contributed by atoms with Crippen LogP contribution in [0.3, 0.4) is 0 Å². The topological polar surface area (TPSA) is 72.4 Å².